The molecule has 1 rings (SSSR count). The largest absolute Gasteiger partial charge is 0.481 e. The second-order valence-electron chi connectivity index (χ2n) is 6.84. The number of nitrogens with one attached hydrogen (secondary N) is 1. The Bertz CT molecular complexity index is 434. The summed E-state index contributed by atoms with van der Waals surface area (Å²) in [4.78, 5) is 37.3. The highest BCUT2D eigenvalue weighted by Gasteiger charge is 2.32. The van der Waals surface area contributed by atoms with Gasteiger partial charge in [0.2, 0.25) is 11.8 Å². The number of carbonyl (C=O) groups excluding carboxylic acids is 2. The van der Waals surface area contributed by atoms with Gasteiger partial charge < -0.3 is 15.3 Å². The second-order valence-corrected chi connectivity index (χ2v) is 6.84. The molecule has 2 atom stereocenters. The van der Waals surface area contributed by atoms with Crippen LogP contribution in [0.15, 0.2) is 0 Å². The molecule has 0 radical (unpaired) electrons. The molecular weight excluding hydrogens is 284 g/mol. The number of piperidine rings is 1. The molecule has 0 saturated carbocycles. The number of carboxylic acid groups (broad SMARTS) is 1. The van der Waals surface area contributed by atoms with Gasteiger partial charge in [0.25, 0.3) is 0 Å². The number of hydrogen-bond acceptors (Lipinski definition) is 3. The molecule has 2 amide bonds. The van der Waals surface area contributed by atoms with Crippen molar-refractivity contribution < 1.29 is 19.5 Å². The third-order valence-corrected chi connectivity index (χ3v) is 4.42. The van der Waals surface area contributed by atoms with Crippen LogP contribution in [0.4, 0.5) is 0 Å². The van der Waals surface area contributed by atoms with Gasteiger partial charge in [-0.25, -0.2) is 0 Å². The lowest BCUT2D eigenvalue weighted by atomic mass is 9.92. The van der Waals surface area contributed by atoms with Crippen molar-refractivity contribution in [3.8, 4) is 0 Å². The molecule has 0 aromatic heterocycles. The van der Waals surface area contributed by atoms with Crippen molar-refractivity contribution in [2.75, 3.05) is 19.6 Å². The van der Waals surface area contributed by atoms with Crippen LogP contribution in [0.3, 0.4) is 0 Å². The zero-order valence-corrected chi connectivity index (χ0v) is 14.0. The number of aliphatic carboxylic acids is 1. The van der Waals surface area contributed by atoms with E-state index in [2.05, 4.69) is 5.32 Å². The fourth-order valence-corrected chi connectivity index (χ4v) is 2.41. The Balaban J connectivity index is 2.56. The predicted octanol–water partition coefficient (Wildman–Crippen LogP) is 1.50. The molecule has 6 nitrogen and oxygen atoms in total. The van der Waals surface area contributed by atoms with Crippen LogP contribution in [-0.4, -0.2) is 47.4 Å². The van der Waals surface area contributed by atoms with E-state index in [1.807, 2.05) is 13.8 Å². The lowest BCUT2D eigenvalue weighted by Crippen LogP contribution is -2.48. The first kappa shape index (κ1) is 18.5. The summed E-state index contributed by atoms with van der Waals surface area (Å²) in [6.07, 6.45) is 2.34. The number of nitrogens with zero attached hydrogens (tertiary/aromatic N) is 1. The Morgan fingerprint density at radius 3 is 2.55 bits per heavy atom. The highest BCUT2D eigenvalue weighted by atomic mass is 16.4. The van der Waals surface area contributed by atoms with E-state index in [1.54, 1.807) is 18.7 Å². The highest BCUT2D eigenvalue weighted by molar-refractivity contribution is 5.83. The van der Waals surface area contributed by atoms with Gasteiger partial charge in [-0.1, -0.05) is 13.8 Å². The summed E-state index contributed by atoms with van der Waals surface area (Å²) in [6, 6.07) is 0. The van der Waals surface area contributed by atoms with E-state index < -0.39 is 11.4 Å². The van der Waals surface area contributed by atoms with Gasteiger partial charge in [0, 0.05) is 25.6 Å². The number of carbonyl (C=O) groups is 3. The molecule has 0 aromatic rings. The molecule has 1 aliphatic heterocycles. The molecule has 22 heavy (non-hydrogen) atoms. The summed E-state index contributed by atoms with van der Waals surface area (Å²) < 4.78 is 0. The van der Waals surface area contributed by atoms with Crippen LogP contribution in [0.1, 0.15) is 47.0 Å². The molecule has 126 valence electrons. The van der Waals surface area contributed by atoms with E-state index >= 15 is 0 Å². The fourth-order valence-electron chi connectivity index (χ4n) is 2.41. The molecule has 0 spiro atoms. The van der Waals surface area contributed by atoms with Gasteiger partial charge >= 0.3 is 5.97 Å². The molecule has 2 unspecified atom stereocenters. The molecule has 1 aliphatic rings. The third kappa shape index (κ3) is 4.71. The summed E-state index contributed by atoms with van der Waals surface area (Å²) in [5.74, 6) is -1.26. The molecule has 0 bridgehead atoms. The minimum Gasteiger partial charge on any atom is -0.481 e. The quantitative estimate of drug-likeness (QED) is 0.778. The standard InChI is InChI=1S/C16H28N2O4/c1-5-11(2)14(20)18-8-6-7-12(9-18)13(19)17-10-16(3,4)15(21)22/h11-12H,5-10H2,1-4H3,(H,17,19)(H,21,22). The maximum Gasteiger partial charge on any atom is 0.310 e. The number of hydrogen-bond donors (Lipinski definition) is 2. The van der Waals surface area contributed by atoms with Crippen LogP contribution in [0, 0.1) is 17.3 Å². The third-order valence-electron chi connectivity index (χ3n) is 4.42. The minimum atomic E-state index is -0.990. The predicted molar refractivity (Wildman–Crippen MR) is 83.2 cm³/mol. The van der Waals surface area contributed by atoms with E-state index in [4.69, 9.17) is 5.11 Å². The number of likely N-dealkylation sites (tertiary alicyclic amines) is 1. The maximum absolute atomic E-state index is 12.2. The molecule has 6 heteroatoms. The van der Waals surface area contributed by atoms with Crippen LogP contribution in [0.25, 0.3) is 0 Å². The van der Waals surface area contributed by atoms with Crippen LogP contribution < -0.4 is 5.32 Å². The first-order valence-electron chi connectivity index (χ1n) is 7.99. The van der Waals surface area contributed by atoms with Crippen LogP contribution in [0.2, 0.25) is 0 Å². The van der Waals surface area contributed by atoms with Crippen molar-refractivity contribution in [1.29, 1.82) is 0 Å². The lowest BCUT2D eigenvalue weighted by molar-refractivity contribution is -0.147. The van der Waals surface area contributed by atoms with Gasteiger partial charge in [0.15, 0.2) is 0 Å². The fraction of sp³-hybridized carbons (Fsp3) is 0.812. The SMILES string of the molecule is CCC(C)C(=O)N1CCCC(C(=O)NCC(C)(C)C(=O)O)C1. The van der Waals surface area contributed by atoms with Crippen molar-refractivity contribution in [2.24, 2.45) is 17.3 Å². The van der Waals surface area contributed by atoms with E-state index in [0.717, 1.165) is 19.3 Å². The van der Waals surface area contributed by atoms with Gasteiger partial charge in [0.1, 0.15) is 0 Å². The molecule has 1 fully saturated rings. The summed E-state index contributed by atoms with van der Waals surface area (Å²) in [5, 5.41) is 11.8. The maximum atomic E-state index is 12.2. The molecule has 1 heterocycles. The van der Waals surface area contributed by atoms with Crippen molar-refractivity contribution in [3.63, 3.8) is 0 Å². The zero-order chi connectivity index (χ0) is 16.9. The molecule has 2 N–H and O–H groups in total. The molecule has 0 aliphatic carbocycles. The Morgan fingerprint density at radius 1 is 1.36 bits per heavy atom. The van der Waals surface area contributed by atoms with E-state index in [0.29, 0.717) is 13.1 Å². The van der Waals surface area contributed by atoms with Crippen LogP contribution in [-0.2, 0) is 14.4 Å². The van der Waals surface area contributed by atoms with Crippen molar-refractivity contribution in [1.82, 2.24) is 10.2 Å². The van der Waals surface area contributed by atoms with E-state index in [9.17, 15) is 14.4 Å². The molecular formula is C16H28N2O4. The number of amides is 2. The first-order chi connectivity index (χ1) is 10.2. The summed E-state index contributed by atoms with van der Waals surface area (Å²) in [7, 11) is 0. The van der Waals surface area contributed by atoms with Gasteiger partial charge in [-0.15, -0.1) is 0 Å². The topological polar surface area (TPSA) is 86.7 Å². The lowest BCUT2D eigenvalue weighted by Gasteiger charge is -2.34. The van der Waals surface area contributed by atoms with Crippen molar-refractivity contribution in [2.45, 2.75) is 47.0 Å². The average Bonchev–Trinajstić information content (AvgIpc) is 2.51. The van der Waals surface area contributed by atoms with E-state index in [-0.39, 0.29) is 30.2 Å². The van der Waals surface area contributed by atoms with Gasteiger partial charge in [0.05, 0.1) is 11.3 Å². The second kappa shape index (κ2) is 7.61. The van der Waals surface area contributed by atoms with Gasteiger partial charge in [-0.3, -0.25) is 14.4 Å². The average molecular weight is 312 g/mol. The highest BCUT2D eigenvalue weighted by Crippen LogP contribution is 2.20. The van der Waals surface area contributed by atoms with Crippen molar-refractivity contribution in [3.05, 3.63) is 0 Å². The Labute approximate surface area is 132 Å². The van der Waals surface area contributed by atoms with Gasteiger partial charge in [-0.2, -0.15) is 0 Å². The van der Waals surface area contributed by atoms with Crippen molar-refractivity contribution >= 4 is 17.8 Å². The van der Waals surface area contributed by atoms with Gasteiger partial charge in [-0.05, 0) is 33.1 Å². The van der Waals surface area contributed by atoms with E-state index in [1.165, 1.54) is 0 Å². The van der Waals surface area contributed by atoms with Crippen LogP contribution >= 0.6 is 0 Å². The Hall–Kier alpha value is -1.59. The Morgan fingerprint density at radius 2 is 2.00 bits per heavy atom. The van der Waals surface area contributed by atoms with Crippen LogP contribution in [0.5, 0.6) is 0 Å². The normalized spacial score (nSPS) is 20.4. The molecule has 1 saturated heterocycles. The summed E-state index contributed by atoms with van der Waals surface area (Å²) in [5.41, 5.74) is -0.990. The summed E-state index contributed by atoms with van der Waals surface area (Å²) in [6.45, 7) is 8.27. The number of rotatable bonds is 6. The zero-order valence-electron chi connectivity index (χ0n) is 14.0. The molecule has 0 aromatic carbocycles. The smallest absolute Gasteiger partial charge is 0.310 e. The summed E-state index contributed by atoms with van der Waals surface area (Å²) >= 11 is 0. The minimum absolute atomic E-state index is 0.0206. The monoisotopic (exact) mass is 312 g/mol. The number of carboxylic acids is 1. The Kier molecular flexibility index (Phi) is 6.38. The first-order valence-corrected chi connectivity index (χ1v) is 7.99.